The molecule has 2 rings (SSSR count). The van der Waals surface area contributed by atoms with Crippen LogP contribution in [0, 0.1) is 0 Å². The van der Waals surface area contributed by atoms with E-state index in [-0.39, 0.29) is 5.78 Å². The summed E-state index contributed by atoms with van der Waals surface area (Å²) < 4.78 is 11.0. The molecule has 0 aliphatic heterocycles. The zero-order valence-corrected chi connectivity index (χ0v) is 10.2. The molecular weight excluding hydrogens is 228 g/mol. The summed E-state index contributed by atoms with van der Waals surface area (Å²) in [7, 11) is 0. The summed E-state index contributed by atoms with van der Waals surface area (Å²) in [6.07, 6.45) is 4.53. The zero-order chi connectivity index (χ0) is 13.0. The molecule has 0 saturated carbocycles. The molecule has 0 amide bonds. The number of rotatable bonds is 4. The lowest BCUT2D eigenvalue weighted by atomic mass is 10.1. The van der Waals surface area contributed by atoms with E-state index in [2.05, 4.69) is 6.58 Å². The number of hydrogen-bond acceptors (Lipinski definition) is 3. The maximum Gasteiger partial charge on any atom is 0.182 e. The first-order valence-electron chi connectivity index (χ1n) is 5.73. The first-order chi connectivity index (χ1) is 8.69. The summed E-state index contributed by atoms with van der Waals surface area (Å²) in [6, 6.07) is 7.27. The van der Waals surface area contributed by atoms with Crippen LogP contribution in [0.3, 0.4) is 0 Å². The van der Waals surface area contributed by atoms with Gasteiger partial charge in [-0.25, -0.2) is 0 Å². The molecule has 92 valence electrons. The second kappa shape index (κ2) is 5.36. The van der Waals surface area contributed by atoms with Crippen molar-refractivity contribution >= 4 is 5.78 Å². The highest BCUT2D eigenvalue weighted by Crippen LogP contribution is 2.24. The van der Waals surface area contributed by atoms with E-state index >= 15 is 0 Å². The van der Waals surface area contributed by atoms with E-state index in [0.29, 0.717) is 23.7 Å². The van der Waals surface area contributed by atoms with Gasteiger partial charge in [-0.2, -0.15) is 0 Å². The molecule has 0 radical (unpaired) electrons. The molecular formula is C15H14O3. The van der Waals surface area contributed by atoms with E-state index in [1.165, 1.54) is 12.2 Å². The normalized spacial score (nSPS) is 14.4. The highest BCUT2D eigenvalue weighted by Gasteiger charge is 2.10. The molecule has 1 aromatic carbocycles. The quantitative estimate of drug-likeness (QED) is 0.814. The second-order valence-electron chi connectivity index (χ2n) is 3.78. The largest absolute Gasteiger partial charge is 0.494 e. The summed E-state index contributed by atoms with van der Waals surface area (Å²) in [5, 5.41) is 0. The molecule has 0 bridgehead atoms. The minimum Gasteiger partial charge on any atom is -0.494 e. The number of hydrogen-bond donors (Lipinski definition) is 0. The number of ketones is 1. The Balaban J connectivity index is 2.16. The van der Waals surface area contributed by atoms with Gasteiger partial charge in [0, 0.05) is 17.7 Å². The van der Waals surface area contributed by atoms with Crippen molar-refractivity contribution in [2.75, 3.05) is 6.61 Å². The van der Waals surface area contributed by atoms with Gasteiger partial charge in [0.25, 0.3) is 0 Å². The number of ether oxygens (including phenoxy) is 2. The molecule has 0 fully saturated rings. The molecule has 18 heavy (non-hydrogen) atoms. The molecule has 0 saturated heterocycles. The lowest BCUT2D eigenvalue weighted by Gasteiger charge is -2.13. The van der Waals surface area contributed by atoms with Gasteiger partial charge in [0.1, 0.15) is 17.3 Å². The minimum absolute atomic E-state index is 0.0987. The van der Waals surface area contributed by atoms with Gasteiger partial charge in [0.2, 0.25) is 0 Å². The molecule has 3 heteroatoms. The number of benzene rings is 1. The molecule has 3 nitrogen and oxygen atoms in total. The van der Waals surface area contributed by atoms with E-state index in [1.54, 1.807) is 18.2 Å². The summed E-state index contributed by atoms with van der Waals surface area (Å²) in [4.78, 5) is 11.3. The van der Waals surface area contributed by atoms with Crippen molar-refractivity contribution < 1.29 is 14.3 Å². The Bertz CT molecular complexity index is 538. The topological polar surface area (TPSA) is 35.5 Å². The van der Waals surface area contributed by atoms with E-state index in [9.17, 15) is 4.79 Å². The Kier molecular flexibility index (Phi) is 3.63. The average molecular weight is 242 g/mol. The summed E-state index contributed by atoms with van der Waals surface area (Å²) in [5.41, 5.74) is 0.677. The van der Waals surface area contributed by atoms with E-state index in [1.807, 2.05) is 19.1 Å². The van der Waals surface area contributed by atoms with Crippen molar-refractivity contribution in [2.45, 2.75) is 6.92 Å². The Labute approximate surface area is 106 Å². The summed E-state index contributed by atoms with van der Waals surface area (Å²) in [5.74, 6) is 1.73. The number of carbonyl (C=O) groups is 1. The van der Waals surface area contributed by atoms with Gasteiger partial charge in [0.05, 0.1) is 6.61 Å². The summed E-state index contributed by atoms with van der Waals surface area (Å²) >= 11 is 0. The van der Waals surface area contributed by atoms with Gasteiger partial charge in [0.15, 0.2) is 5.78 Å². The Morgan fingerprint density at radius 1 is 1.22 bits per heavy atom. The maximum atomic E-state index is 11.3. The third-order valence-corrected chi connectivity index (χ3v) is 2.38. The highest BCUT2D eigenvalue weighted by atomic mass is 16.5. The number of allylic oxidation sites excluding steroid dienone is 3. The predicted molar refractivity (Wildman–Crippen MR) is 69.6 cm³/mol. The van der Waals surface area contributed by atoms with Gasteiger partial charge in [-0.1, -0.05) is 12.6 Å². The highest BCUT2D eigenvalue weighted by molar-refractivity contribution is 6.02. The molecule has 1 aromatic rings. The van der Waals surface area contributed by atoms with E-state index < -0.39 is 0 Å². The third kappa shape index (κ3) is 2.88. The molecule has 1 aliphatic carbocycles. The van der Waals surface area contributed by atoms with Crippen LogP contribution in [0.5, 0.6) is 11.5 Å². The average Bonchev–Trinajstić information content (AvgIpc) is 2.35. The van der Waals surface area contributed by atoms with Crippen molar-refractivity contribution in [2.24, 2.45) is 0 Å². The van der Waals surface area contributed by atoms with Crippen LogP contribution < -0.4 is 9.47 Å². The van der Waals surface area contributed by atoms with Crippen molar-refractivity contribution in [1.29, 1.82) is 0 Å². The van der Waals surface area contributed by atoms with Crippen LogP contribution in [0.15, 0.2) is 60.4 Å². The van der Waals surface area contributed by atoms with Crippen LogP contribution >= 0.6 is 0 Å². The van der Waals surface area contributed by atoms with Gasteiger partial charge < -0.3 is 9.47 Å². The predicted octanol–water partition coefficient (Wildman–Crippen LogP) is 3.04. The van der Waals surface area contributed by atoms with Gasteiger partial charge in [-0.15, -0.1) is 0 Å². The SMILES string of the molecule is C=C1C=CC(=O)C=C1Oc1cccc(OCC)c1. The van der Waals surface area contributed by atoms with E-state index in [4.69, 9.17) is 9.47 Å². The lowest BCUT2D eigenvalue weighted by molar-refractivity contribution is -0.110. The van der Waals surface area contributed by atoms with Gasteiger partial charge >= 0.3 is 0 Å². The molecule has 0 unspecified atom stereocenters. The van der Waals surface area contributed by atoms with Crippen LogP contribution in [0.4, 0.5) is 0 Å². The fourth-order valence-electron chi connectivity index (χ4n) is 1.55. The second-order valence-corrected chi connectivity index (χ2v) is 3.78. The van der Waals surface area contributed by atoms with E-state index in [0.717, 1.165) is 5.75 Å². The van der Waals surface area contributed by atoms with Gasteiger partial charge in [-0.3, -0.25) is 4.79 Å². The first kappa shape index (κ1) is 12.2. The van der Waals surface area contributed by atoms with Crippen LogP contribution in [0.25, 0.3) is 0 Å². The van der Waals surface area contributed by atoms with Crippen LogP contribution in [0.1, 0.15) is 6.92 Å². The van der Waals surface area contributed by atoms with Crippen LogP contribution in [-0.2, 0) is 4.79 Å². The van der Waals surface area contributed by atoms with Crippen molar-refractivity contribution in [1.82, 2.24) is 0 Å². The molecule has 0 spiro atoms. The molecule has 0 heterocycles. The van der Waals surface area contributed by atoms with Gasteiger partial charge in [-0.05, 0) is 31.2 Å². The smallest absolute Gasteiger partial charge is 0.182 e. The maximum absolute atomic E-state index is 11.3. The Morgan fingerprint density at radius 3 is 2.78 bits per heavy atom. The van der Waals surface area contributed by atoms with Crippen molar-refractivity contribution in [3.05, 3.63) is 60.4 Å². The Hall–Kier alpha value is -2.29. The molecule has 0 atom stereocenters. The van der Waals surface area contributed by atoms with Crippen molar-refractivity contribution in [3.63, 3.8) is 0 Å². The van der Waals surface area contributed by atoms with Crippen molar-refractivity contribution in [3.8, 4) is 11.5 Å². The molecule has 1 aliphatic rings. The summed E-state index contributed by atoms with van der Waals surface area (Å²) in [6.45, 7) is 6.34. The monoisotopic (exact) mass is 242 g/mol. The lowest BCUT2D eigenvalue weighted by Crippen LogP contribution is -2.05. The minimum atomic E-state index is -0.0987. The molecule has 0 N–H and O–H groups in total. The Morgan fingerprint density at radius 2 is 2.00 bits per heavy atom. The molecule has 0 aromatic heterocycles. The third-order valence-electron chi connectivity index (χ3n) is 2.38. The zero-order valence-electron chi connectivity index (χ0n) is 10.2. The first-order valence-corrected chi connectivity index (χ1v) is 5.73. The fraction of sp³-hybridized carbons (Fsp3) is 0.133. The standard InChI is InChI=1S/C15H14O3/c1-3-17-13-5-4-6-14(10-13)18-15-9-12(16)8-7-11(15)2/h4-10H,2-3H2,1H3. The fourth-order valence-corrected chi connectivity index (χ4v) is 1.55. The van der Waals surface area contributed by atoms with Crippen LogP contribution in [0.2, 0.25) is 0 Å². The van der Waals surface area contributed by atoms with Crippen LogP contribution in [-0.4, -0.2) is 12.4 Å². The number of carbonyl (C=O) groups excluding carboxylic acids is 1.